The number of rotatable bonds is 12. The molecule has 1 amide bonds. The molecule has 226 valence electrons. The van der Waals surface area contributed by atoms with Gasteiger partial charge in [0, 0.05) is 31.7 Å². The molecule has 0 radical (unpaired) electrons. The van der Waals surface area contributed by atoms with Crippen molar-refractivity contribution in [3.05, 3.63) is 53.1 Å². The number of ketones is 1. The van der Waals surface area contributed by atoms with E-state index in [1.165, 1.54) is 0 Å². The van der Waals surface area contributed by atoms with E-state index in [-0.39, 0.29) is 11.3 Å². The molecule has 0 aromatic heterocycles. The molecule has 0 saturated carbocycles. The molecule has 0 bridgehead atoms. The van der Waals surface area contributed by atoms with Gasteiger partial charge in [0.1, 0.15) is 19.0 Å². The van der Waals surface area contributed by atoms with Gasteiger partial charge < -0.3 is 33.7 Å². The van der Waals surface area contributed by atoms with Crippen molar-refractivity contribution in [2.24, 2.45) is 0 Å². The van der Waals surface area contributed by atoms with Gasteiger partial charge in [0.05, 0.1) is 38.0 Å². The van der Waals surface area contributed by atoms with Gasteiger partial charge in [0.15, 0.2) is 23.0 Å². The van der Waals surface area contributed by atoms with Crippen LogP contribution in [0.25, 0.3) is 5.76 Å². The highest BCUT2D eigenvalue weighted by molar-refractivity contribution is 6.46. The molecule has 1 atom stereocenters. The number of fused-ring (bicyclic) bond motifs is 1. The third kappa shape index (κ3) is 6.50. The van der Waals surface area contributed by atoms with Crippen molar-refractivity contribution in [3.63, 3.8) is 0 Å². The minimum atomic E-state index is -0.812. The normalized spacial score (nSPS) is 20.1. The number of benzene rings is 2. The first-order valence-corrected chi connectivity index (χ1v) is 14.9. The number of ether oxygens (including phenoxy) is 5. The monoisotopic (exact) mass is 580 g/mol. The van der Waals surface area contributed by atoms with Crippen LogP contribution in [0.5, 0.6) is 23.0 Å². The molecule has 0 spiro atoms. The lowest BCUT2D eigenvalue weighted by atomic mass is 9.94. The number of hydrogen-bond acceptors (Lipinski definition) is 9. The molecule has 2 fully saturated rings. The highest BCUT2D eigenvalue weighted by Gasteiger charge is 2.46. The van der Waals surface area contributed by atoms with Gasteiger partial charge in [-0.05, 0) is 49.2 Å². The van der Waals surface area contributed by atoms with Crippen LogP contribution in [0.15, 0.2) is 42.0 Å². The van der Waals surface area contributed by atoms with Crippen LogP contribution in [0.3, 0.4) is 0 Å². The van der Waals surface area contributed by atoms with E-state index in [4.69, 9.17) is 23.7 Å². The zero-order valence-corrected chi connectivity index (χ0v) is 24.4. The number of morpholine rings is 1. The second kappa shape index (κ2) is 13.9. The molecule has 1 unspecified atom stereocenters. The Balaban J connectivity index is 1.53. The van der Waals surface area contributed by atoms with Crippen LogP contribution >= 0.6 is 0 Å². The lowest BCUT2D eigenvalue weighted by Gasteiger charge is -2.31. The fraction of sp³-hybridized carbons (Fsp3) is 0.500. The van der Waals surface area contributed by atoms with Crippen LogP contribution < -0.4 is 18.9 Å². The Bertz CT molecular complexity index is 1300. The maximum atomic E-state index is 13.6. The average Bonchev–Trinajstić information content (AvgIpc) is 3.27. The summed E-state index contributed by atoms with van der Waals surface area (Å²) >= 11 is 0. The summed E-state index contributed by atoms with van der Waals surface area (Å²) in [4.78, 5) is 30.8. The van der Waals surface area contributed by atoms with Crippen molar-refractivity contribution in [1.82, 2.24) is 9.80 Å². The van der Waals surface area contributed by atoms with Gasteiger partial charge in [-0.25, -0.2) is 0 Å². The Morgan fingerprint density at radius 3 is 2.45 bits per heavy atom. The van der Waals surface area contributed by atoms with Gasteiger partial charge in [-0.3, -0.25) is 14.5 Å². The van der Waals surface area contributed by atoms with Gasteiger partial charge >= 0.3 is 0 Å². The molecule has 2 aromatic carbocycles. The maximum Gasteiger partial charge on any atom is 0.295 e. The molecule has 1 N–H and O–H groups in total. The highest BCUT2D eigenvalue weighted by Crippen LogP contribution is 2.43. The fourth-order valence-electron chi connectivity index (χ4n) is 5.49. The average molecular weight is 581 g/mol. The lowest BCUT2D eigenvalue weighted by molar-refractivity contribution is -0.140. The minimum Gasteiger partial charge on any atom is -0.507 e. The van der Waals surface area contributed by atoms with Crippen LogP contribution in [0.1, 0.15) is 50.3 Å². The van der Waals surface area contributed by atoms with E-state index >= 15 is 0 Å². The zero-order chi connectivity index (χ0) is 29.5. The minimum absolute atomic E-state index is 0.0257. The quantitative estimate of drug-likeness (QED) is 0.171. The van der Waals surface area contributed by atoms with Crippen molar-refractivity contribution in [1.29, 1.82) is 0 Å². The summed E-state index contributed by atoms with van der Waals surface area (Å²) < 4.78 is 28.7. The Hall–Kier alpha value is -3.76. The summed E-state index contributed by atoms with van der Waals surface area (Å²) in [6, 6.07) is 9.67. The summed E-state index contributed by atoms with van der Waals surface area (Å²) in [5.74, 6) is 0.542. The van der Waals surface area contributed by atoms with Gasteiger partial charge in [-0.1, -0.05) is 25.8 Å². The van der Waals surface area contributed by atoms with Crippen LogP contribution in [-0.4, -0.2) is 92.4 Å². The Kier molecular flexibility index (Phi) is 9.86. The molecule has 3 heterocycles. The fourth-order valence-corrected chi connectivity index (χ4v) is 5.49. The standard InChI is InChI=1S/C32H40N2O8/c1-3-5-6-15-40-24-9-7-22(20-26(24)39-4-2)29-28(30(35)23-8-10-25-27(21-23)42-19-18-41-25)31(36)32(37)34(29)12-11-33-13-16-38-17-14-33/h7-10,20-21,29,35H,3-6,11-19H2,1-2H3/b30-28-. The molecule has 5 rings (SSSR count). The Labute approximate surface area is 246 Å². The maximum absolute atomic E-state index is 13.6. The molecular weight excluding hydrogens is 540 g/mol. The number of aliphatic hydroxyl groups excluding tert-OH is 1. The van der Waals surface area contributed by atoms with Gasteiger partial charge in [0.2, 0.25) is 0 Å². The number of nitrogens with zero attached hydrogens (tertiary/aromatic N) is 2. The first-order valence-electron chi connectivity index (χ1n) is 14.9. The summed E-state index contributed by atoms with van der Waals surface area (Å²) in [5, 5.41) is 11.6. The van der Waals surface area contributed by atoms with E-state index in [2.05, 4.69) is 11.8 Å². The van der Waals surface area contributed by atoms with Gasteiger partial charge in [0.25, 0.3) is 11.7 Å². The predicted molar refractivity (Wildman–Crippen MR) is 156 cm³/mol. The largest absolute Gasteiger partial charge is 0.507 e. The highest BCUT2D eigenvalue weighted by atomic mass is 16.6. The molecule has 10 heteroatoms. The van der Waals surface area contributed by atoms with Crippen molar-refractivity contribution in [2.75, 3.05) is 65.8 Å². The molecular formula is C32H40N2O8. The van der Waals surface area contributed by atoms with Crippen molar-refractivity contribution in [2.45, 2.75) is 39.2 Å². The first kappa shape index (κ1) is 29.7. The van der Waals surface area contributed by atoms with Crippen molar-refractivity contribution < 1.29 is 38.4 Å². The number of carbonyl (C=O) groups excluding carboxylic acids is 2. The SMILES string of the molecule is CCCCCOc1ccc(C2/C(=C(/O)c3ccc4c(c3)OCCO4)C(=O)C(=O)N2CCN2CCOCC2)cc1OCC. The number of amides is 1. The van der Waals surface area contributed by atoms with Crippen LogP contribution in [0.4, 0.5) is 0 Å². The van der Waals surface area contributed by atoms with E-state index in [9.17, 15) is 14.7 Å². The Morgan fingerprint density at radius 1 is 0.905 bits per heavy atom. The van der Waals surface area contributed by atoms with E-state index in [1.807, 2.05) is 25.1 Å². The molecule has 2 saturated heterocycles. The summed E-state index contributed by atoms with van der Waals surface area (Å²) in [6.45, 7) is 9.50. The van der Waals surface area contributed by atoms with E-state index in [0.29, 0.717) is 86.9 Å². The number of carbonyl (C=O) groups is 2. The number of aliphatic hydroxyl groups is 1. The molecule has 3 aliphatic heterocycles. The summed E-state index contributed by atoms with van der Waals surface area (Å²) in [7, 11) is 0. The molecule has 0 aliphatic carbocycles. The van der Waals surface area contributed by atoms with Crippen LogP contribution in [0, 0.1) is 0 Å². The second-order valence-electron chi connectivity index (χ2n) is 10.5. The number of hydrogen-bond donors (Lipinski definition) is 1. The van der Waals surface area contributed by atoms with E-state index < -0.39 is 17.7 Å². The summed E-state index contributed by atoms with van der Waals surface area (Å²) in [6.07, 6.45) is 3.09. The first-order chi connectivity index (χ1) is 20.5. The molecule has 10 nitrogen and oxygen atoms in total. The van der Waals surface area contributed by atoms with Crippen molar-refractivity contribution in [3.8, 4) is 23.0 Å². The number of Topliss-reactive ketones (excluding diaryl/α,β-unsaturated/α-hetero) is 1. The predicted octanol–water partition coefficient (Wildman–Crippen LogP) is 4.18. The molecule has 2 aromatic rings. The van der Waals surface area contributed by atoms with Crippen LogP contribution in [0.2, 0.25) is 0 Å². The van der Waals surface area contributed by atoms with Crippen molar-refractivity contribution >= 4 is 17.4 Å². The summed E-state index contributed by atoms with van der Waals surface area (Å²) in [5.41, 5.74) is 1.05. The van der Waals surface area contributed by atoms with Gasteiger partial charge in [-0.2, -0.15) is 0 Å². The van der Waals surface area contributed by atoms with Gasteiger partial charge in [-0.15, -0.1) is 0 Å². The lowest BCUT2D eigenvalue weighted by Crippen LogP contribution is -2.42. The van der Waals surface area contributed by atoms with Crippen LogP contribution in [-0.2, 0) is 14.3 Å². The van der Waals surface area contributed by atoms with E-state index in [0.717, 1.165) is 32.4 Å². The molecule has 3 aliphatic rings. The molecule has 42 heavy (non-hydrogen) atoms. The third-order valence-electron chi connectivity index (χ3n) is 7.71. The zero-order valence-electron chi connectivity index (χ0n) is 24.4. The second-order valence-corrected chi connectivity index (χ2v) is 10.5. The number of unbranched alkanes of at least 4 members (excludes halogenated alkanes) is 2. The number of likely N-dealkylation sites (tertiary alicyclic amines) is 1. The smallest absolute Gasteiger partial charge is 0.295 e. The van der Waals surface area contributed by atoms with E-state index in [1.54, 1.807) is 23.1 Å². The topological polar surface area (TPSA) is 107 Å². The Morgan fingerprint density at radius 2 is 1.69 bits per heavy atom. The third-order valence-corrected chi connectivity index (χ3v) is 7.71.